The maximum atomic E-state index is 13.2. The summed E-state index contributed by atoms with van der Waals surface area (Å²) in [4.78, 5) is 11.0. The minimum Gasteiger partial charge on any atom is -0.477 e. The van der Waals surface area contributed by atoms with Crippen molar-refractivity contribution >= 4 is 11.8 Å². The van der Waals surface area contributed by atoms with Crippen LogP contribution in [0.1, 0.15) is 22.0 Å². The smallest absolute Gasteiger partial charge is 0.341 e. The highest BCUT2D eigenvalue weighted by atomic mass is 19.1. The molecule has 0 fully saturated rings. The number of halogens is 2. The van der Waals surface area contributed by atoms with E-state index in [2.05, 4.69) is 10.4 Å². The van der Waals surface area contributed by atoms with Crippen molar-refractivity contribution in [2.45, 2.75) is 12.6 Å². The van der Waals surface area contributed by atoms with Crippen molar-refractivity contribution in [3.63, 3.8) is 0 Å². The number of benzene rings is 1. The van der Waals surface area contributed by atoms with Crippen LogP contribution in [0.3, 0.4) is 0 Å². The fraction of sp³-hybridized carbons (Fsp3) is 0.167. The van der Waals surface area contributed by atoms with E-state index in [0.29, 0.717) is 17.9 Å². The van der Waals surface area contributed by atoms with Crippen molar-refractivity contribution in [2.75, 3.05) is 5.32 Å². The van der Waals surface area contributed by atoms with E-state index in [-0.39, 0.29) is 5.56 Å². The lowest BCUT2D eigenvalue weighted by Crippen LogP contribution is -2.09. The summed E-state index contributed by atoms with van der Waals surface area (Å²) in [5.41, 5.74) is 0.457. The first-order chi connectivity index (χ1) is 9.04. The number of carboxylic acids is 1. The summed E-state index contributed by atoms with van der Waals surface area (Å²) in [7, 11) is 0. The molecule has 0 bridgehead atoms. The highest BCUT2D eigenvalue weighted by Gasteiger charge is 2.28. The van der Waals surface area contributed by atoms with Gasteiger partial charge in [-0.2, -0.15) is 5.10 Å². The second kappa shape index (κ2) is 4.04. The highest BCUT2D eigenvalue weighted by molar-refractivity contribution is 5.93. The van der Waals surface area contributed by atoms with Gasteiger partial charge >= 0.3 is 5.97 Å². The number of nitrogens with one attached hydrogen (secondary N) is 1. The molecular formula is C12H9F2N3O2. The first-order valence-corrected chi connectivity index (χ1v) is 5.56. The third kappa shape index (κ3) is 1.92. The minimum atomic E-state index is -1.10. The van der Waals surface area contributed by atoms with Gasteiger partial charge in [0.2, 0.25) is 0 Å². The van der Waals surface area contributed by atoms with E-state index >= 15 is 0 Å². The first-order valence-electron chi connectivity index (χ1n) is 5.56. The van der Waals surface area contributed by atoms with Crippen LogP contribution >= 0.6 is 0 Å². The molecule has 3 rings (SSSR count). The summed E-state index contributed by atoms with van der Waals surface area (Å²) in [5.74, 6) is -2.08. The van der Waals surface area contributed by atoms with E-state index in [1.54, 1.807) is 0 Å². The lowest BCUT2D eigenvalue weighted by atomic mass is 10.1. The second-order valence-electron chi connectivity index (χ2n) is 4.29. The van der Waals surface area contributed by atoms with E-state index < -0.39 is 23.6 Å². The number of carboxylic acid groups (broad SMARTS) is 1. The maximum Gasteiger partial charge on any atom is 0.341 e. The summed E-state index contributed by atoms with van der Waals surface area (Å²) in [6, 6.07) is 2.83. The Morgan fingerprint density at radius 1 is 1.37 bits per heavy atom. The van der Waals surface area contributed by atoms with Crippen LogP contribution in [0, 0.1) is 11.6 Å². The zero-order chi connectivity index (χ0) is 13.6. The lowest BCUT2D eigenvalue weighted by Gasteiger charge is -2.11. The van der Waals surface area contributed by atoms with E-state index in [9.17, 15) is 13.6 Å². The number of hydrogen-bond donors (Lipinski definition) is 2. The van der Waals surface area contributed by atoms with Crippen molar-refractivity contribution in [2.24, 2.45) is 0 Å². The van der Waals surface area contributed by atoms with E-state index in [1.165, 1.54) is 23.0 Å². The molecule has 19 heavy (non-hydrogen) atoms. The van der Waals surface area contributed by atoms with Gasteiger partial charge in [0.1, 0.15) is 23.0 Å². The third-order valence-electron chi connectivity index (χ3n) is 3.02. The van der Waals surface area contributed by atoms with Crippen molar-refractivity contribution in [3.8, 4) is 0 Å². The van der Waals surface area contributed by atoms with Gasteiger partial charge in [-0.05, 0) is 17.7 Å². The summed E-state index contributed by atoms with van der Waals surface area (Å²) < 4.78 is 27.8. The molecule has 1 aromatic carbocycles. The van der Waals surface area contributed by atoms with Crippen LogP contribution in [0.5, 0.6) is 0 Å². The highest BCUT2D eigenvalue weighted by Crippen LogP contribution is 2.31. The predicted octanol–water partition coefficient (Wildman–Crippen LogP) is 2.03. The summed E-state index contributed by atoms with van der Waals surface area (Å²) in [5, 5.41) is 15.8. The van der Waals surface area contributed by atoms with Gasteiger partial charge < -0.3 is 10.4 Å². The Balaban J connectivity index is 1.93. The number of rotatable bonds is 2. The molecule has 5 nitrogen and oxygen atoms in total. The number of nitrogens with zero attached hydrogens (tertiary/aromatic N) is 2. The van der Waals surface area contributed by atoms with Gasteiger partial charge in [0.25, 0.3) is 0 Å². The lowest BCUT2D eigenvalue weighted by molar-refractivity contribution is 0.0698. The molecule has 2 aromatic rings. The van der Waals surface area contributed by atoms with Crippen LogP contribution in [0.2, 0.25) is 0 Å². The Labute approximate surface area is 106 Å². The molecule has 0 spiro atoms. The topological polar surface area (TPSA) is 67.1 Å². The Hall–Kier alpha value is -2.44. The predicted molar refractivity (Wildman–Crippen MR) is 61.9 cm³/mol. The molecule has 98 valence electrons. The monoisotopic (exact) mass is 265 g/mol. The van der Waals surface area contributed by atoms with Gasteiger partial charge in [-0.25, -0.2) is 18.3 Å². The van der Waals surface area contributed by atoms with Crippen molar-refractivity contribution in [1.29, 1.82) is 0 Å². The molecule has 2 N–H and O–H groups in total. The van der Waals surface area contributed by atoms with Crippen LogP contribution in [0.4, 0.5) is 14.6 Å². The first kappa shape index (κ1) is 11.6. The molecule has 1 aliphatic heterocycles. The number of anilines is 1. The van der Waals surface area contributed by atoms with Gasteiger partial charge in [-0.1, -0.05) is 0 Å². The van der Waals surface area contributed by atoms with Gasteiger partial charge in [-0.15, -0.1) is 0 Å². The zero-order valence-electron chi connectivity index (χ0n) is 9.60. The van der Waals surface area contributed by atoms with Crippen LogP contribution in [-0.4, -0.2) is 20.9 Å². The van der Waals surface area contributed by atoms with E-state index in [0.717, 1.165) is 6.07 Å². The largest absolute Gasteiger partial charge is 0.477 e. The Morgan fingerprint density at radius 2 is 2.05 bits per heavy atom. The van der Waals surface area contributed by atoms with E-state index in [1.807, 2.05) is 0 Å². The molecule has 0 aliphatic carbocycles. The van der Waals surface area contributed by atoms with Gasteiger partial charge in [0.15, 0.2) is 0 Å². The molecule has 0 unspecified atom stereocenters. The SMILES string of the molecule is O=C(O)c1cnn2c1N[C@H](c1cc(F)cc(F)c1)C2. The molecule has 7 heteroatoms. The number of hydrogen-bond acceptors (Lipinski definition) is 3. The third-order valence-corrected chi connectivity index (χ3v) is 3.02. The summed E-state index contributed by atoms with van der Waals surface area (Å²) in [6.45, 7) is 0.325. The van der Waals surface area contributed by atoms with Crippen molar-refractivity contribution in [1.82, 2.24) is 9.78 Å². The molecule has 1 atom stereocenters. The van der Waals surface area contributed by atoms with Gasteiger partial charge in [0.05, 0.1) is 18.8 Å². The fourth-order valence-electron chi connectivity index (χ4n) is 2.18. The quantitative estimate of drug-likeness (QED) is 0.871. The Kier molecular flexibility index (Phi) is 2.48. The second-order valence-corrected chi connectivity index (χ2v) is 4.29. The van der Waals surface area contributed by atoms with Crippen LogP contribution in [-0.2, 0) is 6.54 Å². The van der Waals surface area contributed by atoms with Crippen LogP contribution in [0.25, 0.3) is 0 Å². The molecule has 0 amide bonds. The summed E-state index contributed by atoms with van der Waals surface area (Å²) >= 11 is 0. The van der Waals surface area contributed by atoms with E-state index in [4.69, 9.17) is 5.11 Å². The average Bonchev–Trinajstić information content (AvgIpc) is 2.85. The Morgan fingerprint density at radius 3 is 2.68 bits per heavy atom. The van der Waals surface area contributed by atoms with Gasteiger partial charge in [0, 0.05) is 6.07 Å². The van der Waals surface area contributed by atoms with Gasteiger partial charge in [-0.3, -0.25) is 0 Å². The zero-order valence-corrected chi connectivity index (χ0v) is 9.60. The number of aromatic carboxylic acids is 1. The minimum absolute atomic E-state index is 0.0411. The standard InChI is InChI=1S/C12H9F2N3O2/c13-7-1-6(2-8(14)3-7)10-5-17-11(16-10)9(4-15-17)12(18)19/h1-4,10,16H,5H2,(H,18,19)/t10-/m0/s1. The molecule has 0 saturated heterocycles. The molecule has 2 heterocycles. The number of fused-ring (bicyclic) bond motifs is 1. The molecule has 0 saturated carbocycles. The Bertz CT molecular complexity index is 649. The number of carbonyl (C=O) groups is 1. The molecular weight excluding hydrogens is 256 g/mol. The van der Waals surface area contributed by atoms with Crippen molar-refractivity contribution < 1.29 is 18.7 Å². The molecule has 1 aromatic heterocycles. The van der Waals surface area contributed by atoms with Crippen LogP contribution in [0.15, 0.2) is 24.4 Å². The maximum absolute atomic E-state index is 13.2. The fourth-order valence-corrected chi connectivity index (χ4v) is 2.18. The molecule has 0 radical (unpaired) electrons. The normalized spacial score (nSPS) is 17.1. The average molecular weight is 265 g/mol. The molecule has 1 aliphatic rings. The van der Waals surface area contributed by atoms with Crippen molar-refractivity contribution in [3.05, 3.63) is 47.2 Å². The summed E-state index contributed by atoms with van der Waals surface area (Å²) in [6.07, 6.45) is 1.24. The van der Waals surface area contributed by atoms with Crippen LogP contribution < -0.4 is 5.32 Å². The number of aromatic nitrogens is 2.